The molecule has 0 N–H and O–H groups in total. The largest absolute Gasteiger partial charge is 0.303 e. The van der Waals surface area contributed by atoms with Gasteiger partial charge in [-0.05, 0) is 26.2 Å². The number of aryl methyl sites for hydroxylation is 2. The number of aldehydes is 1. The van der Waals surface area contributed by atoms with Crippen molar-refractivity contribution < 1.29 is 4.79 Å². The van der Waals surface area contributed by atoms with Crippen LogP contribution in [0.2, 0.25) is 0 Å². The summed E-state index contributed by atoms with van der Waals surface area (Å²) < 4.78 is 1.92. The molecule has 1 unspecified atom stereocenters. The van der Waals surface area contributed by atoms with E-state index in [0.29, 0.717) is 0 Å². The van der Waals surface area contributed by atoms with Gasteiger partial charge in [0.1, 0.15) is 6.29 Å². The predicted molar refractivity (Wildman–Crippen MR) is 49.6 cm³/mol. The average Bonchev–Trinajstić information content (AvgIpc) is 2.59. The van der Waals surface area contributed by atoms with Gasteiger partial charge in [0.05, 0.1) is 5.69 Å². The smallest absolute Gasteiger partial charge is 0.127 e. The van der Waals surface area contributed by atoms with E-state index in [1.165, 1.54) is 0 Å². The molecule has 0 fully saturated rings. The molecule has 0 bridgehead atoms. The molecular formula is C10H14N2O. The molecule has 1 atom stereocenters. The monoisotopic (exact) mass is 178 g/mol. The summed E-state index contributed by atoms with van der Waals surface area (Å²) in [6, 6.07) is 0. The molecule has 3 heteroatoms. The van der Waals surface area contributed by atoms with E-state index < -0.39 is 0 Å². The standard InChI is InChI=1S/C10H14N2O/c1-2-12-6-9-8(7-13)4-3-5-10(9)11-12/h6-8H,2-5H2,1H3. The summed E-state index contributed by atoms with van der Waals surface area (Å²) in [7, 11) is 0. The highest BCUT2D eigenvalue weighted by Crippen LogP contribution is 2.28. The molecule has 0 amide bonds. The van der Waals surface area contributed by atoms with E-state index in [2.05, 4.69) is 12.0 Å². The number of fused-ring (bicyclic) bond motifs is 1. The van der Waals surface area contributed by atoms with Crippen molar-refractivity contribution >= 4 is 6.29 Å². The number of rotatable bonds is 2. The molecule has 0 aliphatic heterocycles. The van der Waals surface area contributed by atoms with E-state index in [0.717, 1.165) is 43.4 Å². The van der Waals surface area contributed by atoms with Gasteiger partial charge in [0.25, 0.3) is 0 Å². The first-order valence-corrected chi connectivity index (χ1v) is 4.86. The lowest BCUT2D eigenvalue weighted by Gasteiger charge is -2.14. The molecule has 0 saturated carbocycles. The summed E-state index contributed by atoms with van der Waals surface area (Å²) in [5.74, 6) is 0.101. The van der Waals surface area contributed by atoms with Crippen LogP contribution >= 0.6 is 0 Å². The normalized spacial score (nSPS) is 21.2. The minimum Gasteiger partial charge on any atom is -0.303 e. The quantitative estimate of drug-likeness (QED) is 0.643. The summed E-state index contributed by atoms with van der Waals surface area (Å²) in [6.45, 7) is 2.95. The summed E-state index contributed by atoms with van der Waals surface area (Å²) >= 11 is 0. The lowest BCUT2D eigenvalue weighted by Crippen LogP contribution is -2.08. The Kier molecular flexibility index (Phi) is 2.17. The van der Waals surface area contributed by atoms with Gasteiger partial charge in [0, 0.05) is 24.2 Å². The molecule has 1 aliphatic carbocycles. The molecule has 2 rings (SSSR count). The fourth-order valence-corrected chi connectivity index (χ4v) is 1.93. The summed E-state index contributed by atoms with van der Waals surface area (Å²) in [5, 5.41) is 4.43. The molecule has 0 aromatic carbocycles. The first-order valence-electron chi connectivity index (χ1n) is 4.86. The molecule has 0 saturated heterocycles. The van der Waals surface area contributed by atoms with Crippen molar-refractivity contribution in [1.29, 1.82) is 0 Å². The number of hydrogen-bond donors (Lipinski definition) is 0. The predicted octanol–water partition coefficient (Wildman–Crippen LogP) is 1.52. The maximum Gasteiger partial charge on any atom is 0.127 e. The highest BCUT2D eigenvalue weighted by atomic mass is 16.1. The first kappa shape index (κ1) is 8.48. The summed E-state index contributed by atoms with van der Waals surface area (Å²) in [5.41, 5.74) is 2.29. The molecule has 1 aromatic rings. The molecule has 1 aromatic heterocycles. The molecule has 1 heterocycles. The van der Waals surface area contributed by atoms with Gasteiger partial charge in [0.15, 0.2) is 0 Å². The lowest BCUT2D eigenvalue weighted by molar-refractivity contribution is -0.109. The molecule has 1 aliphatic rings. The van der Waals surface area contributed by atoms with Crippen molar-refractivity contribution in [2.75, 3.05) is 0 Å². The highest BCUT2D eigenvalue weighted by molar-refractivity contribution is 5.63. The first-order chi connectivity index (χ1) is 6.35. The number of hydrogen-bond acceptors (Lipinski definition) is 2. The van der Waals surface area contributed by atoms with Gasteiger partial charge in [-0.15, -0.1) is 0 Å². The van der Waals surface area contributed by atoms with Gasteiger partial charge in [0.2, 0.25) is 0 Å². The van der Waals surface area contributed by atoms with Crippen LogP contribution in [0.1, 0.15) is 36.9 Å². The second kappa shape index (κ2) is 3.32. The second-order valence-corrected chi connectivity index (χ2v) is 3.52. The van der Waals surface area contributed by atoms with Gasteiger partial charge >= 0.3 is 0 Å². The Morgan fingerprint density at radius 2 is 2.62 bits per heavy atom. The van der Waals surface area contributed by atoms with Gasteiger partial charge < -0.3 is 4.79 Å². The fourth-order valence-electron chi connectivity index (χ4n) is 1.93. The minimum atomic E-state index is 0.101. The molecule has 0 radical (unpaired) electrons. The Morgan fingerprint density at radius 1 is 1.77 bits per heavy atom. The van der Waals surface area contributed by atoms with Crippen molar-refractivity contribution in [3.8, 4) is 0 Å². The third-order valence-electron chi connectivity index (χ3n) is 2.69. The molecule has 70 valence electrons. The van der Waals surface area contributed by atoms with Crippen LogP contribution in [0.3, 0.4) is 0 Å². The second-order valence-electron chi connectivity index (χ2n) is 3.52. The van der Waals surface area contributed by atoms with Crippen LogP contribution in [0, 0.1) is 0 Å². The van der Waals surface area contributed by atoms with Crippen molar-refractivity contribution in [2.24, 2.45) is 0 Å². The maximum absolute atomic E-state index is 10.8. The SMILES string of the molecule is CCn1cc2c(n1)CCCC2C=O. The molecule has 13 heavy (non-hydrogen) atoms. The third kappa shape index (κ3) is 1.39. The van der Waals surface area contributed by atoms with Gasteiger partial charge in [-0.1, -0.05) is 0 Å². The summed E-state index contributed by atoms with van der Waals surface area (Å²) in [6.07, 6.45) is 6.20. The number of nitrogens with zero attached hydrogens (tertiary/aromatic N) is 2. The van der Waals surface area contributed by atoms with Crippen molar-refractivity contribution in [3.05, 3.63) is 17.5 Å². The number of aromatic nitrogens is 2. The van der Waals surface area contributed by atoms with Gasteiger partial charge in [-0.2, -0.15) is 5.10 Å². The molecule has 3 nitrogen and oxygen atoms in total. The van der Waals surface area contributed by atoms with Crippen LogP contribution in [0.25, 0.3) is 0 Å². The Morgan fingerprint density at radius 3 is 3.31 bits per heavy atom. The van der Waals surface area contributed by atoms with E-state index in [1.54, 1.807) is 0 Å². The minimum absolute atomic E-state index is 0.101. The zero-order valence-corrected chi connectivity index (χ0v) is 7.86. The van der Waals surface area contributed by atoms with Crippen LogP contribution < -0.4 is 0 Å². The highest BCUT2D eigenvalue weighted by Gasteiger charge is 2.22. The van der Waals surface area contributed by atoms with E-state index in [9.17, 15) is 4.79 Å². The topological polar surface area (TPSA) is 34.9 Å². The number of carbonyl (C=O) groups excluding carboxylic acids is 1. The zero-order chi connectivity index (χ0) is 9.26. The Bertz CT molecular complexity index is 317. The van der Waals surface area contributed by atoms with E-state index in [1.807, 2.05) is 10.9 Å². The maximum atomic E-state index is 10.8. The van der Waals surface area contributed by atoms with Crippen LogP contribution in [0.5, 0.6) is 0 Å². The number of carbonyl (C=O) groups is 1. The average molecular weight is 178 g/mol. The third-order valence-corrected chi connectivity index (χ3v) is 2.69. The van der Waals surface area contributed by atoms with Crippen LogP contribution in [0.15, 0.2) is 6.20 Å². The van der Waals surface area contributed by atoms with Crippen LogP contribution in [-0.4, -0.2) is 16.1 Å². The Balaban J connectivity index is 2.37. The Labute approximate surface area is 77.7 Å². The lowest BCUT2D eigenvalue weighted by atomic mass is 9.88. The van der Waals surface area contributed by atoms with Crippen molar-refractivity contribution in [2.45, 2.75) is 38.6 Å². The van der Waals surface area contributed by atoms with Gasteiger partial charge in [-0.3, -0.25) is 4.68 Å². The van der Waals surface area contributed by atoms with Crippen molar-refractivity contribution in [3.63, 3.8) is 0 Å². The van der Waals surface area contributed by atoms with Crippen LogP contribution in [-0.2, 0) is 17.8 Å². The zero-order valence-electron chi connectivity index (χ0n) is 7.86. The van der Waals surface area contributed by atoms with E-state index in [4.69, 9.17) is 0 Å². The van der Waals surface area contributed by atoms with Gasteiger partial charge in [-0.25, -0.2) is 0 Å². The summed E-state index contributed by atoms with van der Waals surface area (Å²) in [4.78, 5) is 10.8. The fraction of sp³-hybridized carbons (Fsp3) is 0.600. The van der Waals surface area contributed by atoms with E-state index in [-0.39, 0.29) is 5.92 Å². The molecular weight excluding hydrogens is 164 g/mol. The van der Waals surface area contributed by atoms with Crippen molar-refractivity contribution in [1.82, 2.24) is 9.78 Å². The van der Waals surface area contributed by atoms with E-state index >= 15 is 0 Å². The Hall–Kier alpha value is -1.12. The van der Waals surface area contributed by atoms with Crippen LogP contribution in [0.4, 0.5) is 0 Å². The molecule has 0 spiro atoms.